The number of hydrogen-bond acceptors (Lipinski definition) is 1. The molecule has 0 aliphatic heterocycles. The van der Waals surface area contributed by atoms with Gasteiger partial charge >= 0.3 is 0 Å². The molecule has 1 nitrogen and oxygen atoms in total. The van der Waals surface area contributed by atoms with Crippen LogP contribution in [-0.4, -0.2) is 0 Å². The molecule has 4 heteroatoms. The second-order valence-corrected chi connectivity index (χ2v) is 5.39. The first-order chi connectivity index (χ1) is 8.56. The van der Waals surface area contributed by atoms with Crippen LogP contribution >= 0.6 is 27.5 Å². The van der Waals surface area contributed by atoms with Crippen LogP contribution < -0.4 is 5.73 Å². The Hall–Kier alpha value is -0.900. The third-order valence-corrected chi connectivity index (χ3v) is 3.74. The monoisotopic (exact) mass is 327 g/mol. The van der Waals surface area contributed by atoms with E-state index in [2.05, 4.69) is 15.9 Å². The molecule has 0 fully saturated rings. The second kappa shape index (κ2) is 5.83. The van der Waals surface area contributed by atoms with Crippen LogP contribution in [0.15, 0.2) is 46.9 Å². The summed E-state index contributed by atoms with van der Waals surface area (Å²) in [4.78, 5) is 0. The molecule has 0 bridgehead atoms. The molecule has 0 aliphatic rings. The van der Waals surface area contributed by atoms with Crippen molar-refractivity contribution < 1.29 is 4.39 Å². The molecule has 0 aromatic heterocycles. The van der Waals surface area contributed by atoms with E-state index in [4.69, 9.17) is 17.3 Å². The van der Waals surface area contributed by atoms with Crippen LogP contribution in [0.5, 0.6) is 0 Å². The van der Waals surface area contributed by atoms with Crippen LogP contribution in [0, 0.1) is 5.82 Å². The Morgan fingerprint density at radius 1 is 1.17 bits per heavy atom. The van der Waals surface area contributed by atoms with E-state index in [1.54, 1.807) is 6.07 Å². The number of hydrogen-bond donors (Lipinski definition) is 1. The molecule has 2 rings (SSSR count). The SMILES string of the molecule is NC(Cc1ccc(F)cc1Br)c1ccc(Cl)cc1. The minimum absolute atomic E-state index is 0.135. The van der Waals surface area contributed by atoms with Crippen LogP contribution in [-0.2, 0) is 6.42 Å². The molecule has 0 saturated heterocycles. The van der Waals surface area contributed by atoms with Crippen LogP contribution in [0.1, 0.15) is 17.2 Å². The molecule has 0 saturated carbocycles. The molecule has 2 N–H and O–H groups in total. The van der Waals surface area contributed by atoms with Gasteiger partial charge in [0.2, 0.25) is 0 Å². The molecule has 18 heavy (non-hydrogen) atoms. The van der Waals surface area contributed by atoms with Crippen molar-refractivity contribution in [2.24, 2.45) is 5.73 Å². The molecule has 94 valence electrons. The van der Waals surface area contributed by atoms with E-state index in [-0.39, 0.29) is 11.9 Å². The van der Waals surface area contributed by atoms with Gasteiger partial charge in [-0.05, 0) is 41.8 Å². The summed E-state index contributed by atoms with van der Waals surface area (Å²) >= 11 is 9.17. The number of nitrogens with two attached hydrogens (primary N) is 1. The van der Waals surface area contributed by atoms with Gasteiger partial charge in [-0.15, -0.1) is 0 Å². The average molecular weight is 329 g/mol. The van der Waals surface area contributed by atoms with Crippen LogP contribution in [0.3, 0.4) is 0 Å². The lowest BCUT2D eigenvalue weighted by atomic mass is 10.00. The van der Waals surface area contributed by atoms with Gasteiger partial charge in [-0.3, -0.25) is 0 Å². The Balaban J connectivity index is 2.15. The van der Waals surface area contributed by atoms with Gasteiger partial charge in [-0.25, -0.2) is 4.39 Å². The standard InChI is InChI=1S/C14H12BrClFN/c15-13-8-12(17)6-3-10(13)7-14(18)9-1-4-11(16)5-2-9/h1-6,8,14H,7,18H2. The quantitative estimate of drug-likeness (QED) is 0.883. The number of rotatable bonds is 3. The molecule has 0 radical (unpaired) electrons. The Labute approximate surface area is 119 Å². The summed E-state index contributed by atoms with van der Waals surface area (Å²) in [6.45, 7) is 0. The van der Waals surface area contributed by atoms with Gasteiger partial charge in [0.15, 0.2) is 0 Å². The van der Waals surface area contributed by atoms with Crippen molar-refractivity contribution in [1.82, 2.24) is 0 Å². The first-order valence-electron chi connectivity index (χ1n) is 5.51. The van der Waals surface area contributed by atoms with Gasteiger partial charge < -0.3 is 5.73 Å². The summed E-state index contributed by atoms with van der Waals surface area (Å²) in [6.07, 6.45) is 0.641. The second-order valence-electron chi connectivity index (χ2n) is 4.10. The third kappa shape index (κ3) is 3.31. The van der Waals surface area contributed by atoms with Crippen molar-refractivity contribution in [3.05, 3.63) is 68.9 Å². The Morgan fingerprint density at radius 3 is 2.44 bits per heavy atom. The van der Waals surface area contributed by atoms with E-state index < -0.39 is 0 Å². The fourth-order valence-corrected chi connectivity index (χ4v) is 2.39. The van der Waals surface area contributed by atoms with Gasteiger partial charge in [-0.2, -0.15) is 0 Å². The largest absolute Gasteiger partial charge is 0.324 e. The van der Waals surface area contributed by atoms with Gasteiger partial charge in [0.05, 0.1) is 0 Å². The van der Waals surface area contributed by atoms with Crippen LogP contribution in [0.25, 0.3) is 0 Å². The lowest BCUT2D eigenvalue weighted by Gasteiger charge is -2.13. The third-order valence-electron chi connectivity index (χ3n) is 2.75. The normalized spacial score (nSPS) is 12.4. The topological polar surface area (TPSA) is 26.0 Å². The molecule has 0 amide bonds. The average Bonchev–Trinajstić information content (AvgIpc) is 2.33. The molecule has 1 atom stereocenters. The summed E-state index contributed by atoms with van der Waals surface area (Å²) in [5, 5.41) is 0.689. The molecule has 1 unspecified atom stereocenters. The van der Waals surface area contributed by atoms with Crippen molar-refractivity contribution >= 4 is 27.5 Å². The lowest BCUT2D eigenvalue weighted by Crippen LogP contribution is -2.13. The summed E-state index contributed by atoms with van der Waals surface area (Å²) in [5.41, 5.74) is 8.12. The predicted molar refractivity (Wildman–Crippen MR) is 76.2 cm³/mol. The van der Waals surface area contributed by atoms with Crippen molar-refractivity contribution in [2.45, 2.75) is 12.5 Å². The zero-order valence-corrected chi connectivity index (χ0v) is 11.9. The van der Waals surface area contributed by atoms with E-state index >= 15 is 0 Å². The molecular weight excluding hydrogens is 317 g/mol. The highest BCUT2D eigenvalue weighted by molar-refractivity contribution is 9.10. The van der Waals surface area contributed by atoms with Crippen molar-refractivity contribution in [3.8, 4) is 0 Å². The molecule has 0 heterocycles. The van der Waals surface area contributed by atoms with E-state index in [0.717, 1.165) is 15.6 Å². The fourth-order valence-electron chi connectivity index (χ4n) is 1.75. The van der Waals surface area contributed by atoms with E-state index in [0.29, 0.717) is 11.4 Å². The maximum atomic E-state index is 13.0. The van der Waals surface area contributed by atoms with Crippen molar-refractivity contribution in [1.29, 1.82) is 0 Å². The van der Waals surface area contributed by atoms with Crippen LogP contribution in [0.4, 0.5) is 4.39 Å². The van der Waals surface area contributed by atoms with Gasteiger partial charge in [0.1, 0.15) is 5.82 Å². The highest BCUT2D eigenvalue weighted by Gasteiger charge is 2.10. The Kier molecular flexibility index (Phi) is 4.38. The minimum Gasteiger partial charge on any atom is -0.324 e. The summed E-state index contributed by atoms with van der Waals surface area (Å²) in [7, 11) is 0. The molecular formula is C14H12BrClFN. The zero-order valence-electron chi connectivity index (χ0n) is 9.54. The maximum Gasteiger partial charge on any atom is 0.124 e. The zero-order chi connectivity index (χ0) is 13.1. The Bertz CT molecular complexity index is 542. The minimum atomic E-state index is -0.259. The molecule has 2 aromatic rings. The van der Waals surface area contributed by atoms with E-state index in [1.165, 1.54) is 12.1 Å². The smallest absolute Gasteiger partial charge is 0.124 e. The number of halogens is 3. The highest BCUT2D eigenvalue weighted by Crippen LogP contribution is 2.24. The van der Waals surface area contributed by atoms with Gasteiger partial charge in [-0.1, -0.05) is 45.7 Å². The van der Waals surface area contributed by atoms with Gasteiger partial charge in [0, 0.05) is 15.5 Å². The summed E-state index contributed by atoms with van der Waals surface area (Å²) < 4.78 is 13.7. The number of benzene rings is 2. The van der Waals surface area contributed by atoms with E-state index in [9.17, 15) is 4.39 Å². The fraction of sp³-hybridized carbons (Fsp3) is 0.143. The lowest BCUT2D eigenvalue weighted by molar-refractivity contribution is 0.624. The summed E-state index contributed by atoms with van der Waals surface area (Å²) in [6, 6.07) is 11.9. The maximum absolute atomic E-state index is 13.0. The summed E-state index contributed by atoms with van der Waals surface area (Å²) in [5.74, 6) is -0.259. The van der Waals surface area contributed by atoms with E-state index in [1.807, 2.05) is 24.3 Å². The first-order valence-corrected chi connectivity index (χ1v) is 6.68. The van der Waals surface area contributed by atoms with Crippen LogP contribution in [0.2, 0.25) is 5.02 Å². The molecule has 2 aromatic carbocycles. The highest BCUT2D eigenvalue weighted by atomic mass is 79.9. The Morgan fingerprint density at radius 2 is 1.83 bits per heavy atom. The molecule has 0 aliphatic carbocycles. The first kappa shape index (κ1) is 13.5. The molecule has 0 spiro atoms. The predicted octanol–water partition coefficient (Wildman–Crippen LogP) is 4.48. The van der Waals surface area contributed by atoms with Crippen molar-refractivity contribution in [3.63, 3.8) is 0 Å². The van der Waals surface area contributed by atoms with Crippen molar-refractivity contribution in [2.75, 3.05) is 0 Å². The van der Waals surface area contributed by atoms with Gasteiger partial charge in [0.25, 0.3) is 0 Å².